The Bertz CT molecular complexity index is 296. The Morgan fingerprint density at radius 1 is 0.636 bits per heavy atom. The molecule has 0 N–H and O–H groups in total. The van der Waals surface area contributed by atoms with Crippen molar-refractivity contribution in [2.24, 2.45) is 0 Å². The van der Waals surface area contributed by atoms with Gasteiger partial charge in [0, 0.05) is 0 Å². The molecule has 0 aliphatic rings. The molecule has 0 saturated heterocycles. The van der Waals surface area contributed by atoms with E-state index in [2.05, 4.69) is 0 Å². The van der Waals surface area contributed by atoms with Crippen LogP contribution < -0.4 is 8.38 Å². The molecule has 11 heteroatoms. The number of rotatable bonds is 0. The van der Waals surface area contributed by atoms with E-state index in [1.54, 1.807) is 0 Å². The summed E-state index contributed by atoms with van der Waals surface area (Å²) < 4.78 is 68.6. The third-order valence-corrected chi connectivity index (χ3v) is 0. The van der Waals surface area contributed by atoms with Crippen molar-refractivity contribution < 1.29 is 85.0 Å². The SMILES string of the molecule is [Hg+2].[O]=[Mn](=[O])(=[O])[O-].[O]=[Mn](=[O])(=[O])[O-]. The normalized spacial score (nSPS) is 10.4. The molecule has 64 valence electrons. The fourth-order valence-electron chi connectivity index (χ4n) is 0. The van der Waals surface area contributed by atoms with Crippen LogP contribution in [0.15, 0.2) is 0 Å². The fraction of sp³-hybridized carbons (Fsp3) is 0. The van der Waals surface area contributed by atoms with Gasteiger partial charge in [0.2, 0.25) is 0 Å². The van der Waals surface area contributed by atoms with E-state index in [0.29, 0.717) is 0 Å². The Kier molecular flexibility index (Phi) is 10.0. The molecule has 8 nitrogen and oxygen atoms in total. The molecule has 0 radical (unpaired) electrons. The Hall–Kier alpha value is 0.694. The molecule has 0 aromatic rings. The van der Waals surface area contributed by atoms with Gasteiger partial charge in [-0.05, 0) is 0 Å². The van der Waals surface area contributed by atoms with Crippen LogP contribution >= 0.6 is 0 Å². The van der Waals surface area contributed by atoms with Crippen LogP contribution in [-0.4, -0.2) is 0 Å². The summed E-state index contributed by atoms with van der Waals surface area (Å²) in [6.07, 6.45) is 0. The Morgan fingerprint density at radius 3 is 0.636 bits per heavy atom. The van der Waals surface area contributed by atoms with Gasteiger partial charge < -0.3 is 0 Å². The van der Waals surface area contributed by atoms with Gasteiger partial charge in [-0.1, -0.05) is 0 Å². The second-order valence-electron chi connectivity index (χ2n) is 0.756. The summed E-state index contributed by atoms with van der Waals surface area (Å²) in [6, 6.07) is 0. The van der Waals surface area contributed by atoms with Crippen molar-refractivity contribution in [3.05, 3.63) is 0 Å². The monoisotopic (exact) mass is 440 g/mol. The first kappa shape index (κ1) is 17.7. The van der Waals surface area contributed by atoms with E-state index in [4.69, 9.17) is 31.4 Å². The molecule has 0 fully saturated rings. The zero-order chi connectivity index (χ0) is 9.00. The van der Waals surface area contributed by atoms with E-state index in [1.165, 1.54) is 0 Å². The van der Waals surface area contributed by atoms with Crippen LogP contribution in [0.2, 0.25) is 0 Å². The first-order valence-corrected chi connectivity index (χ1v) is 5.09. The van der Waals surface area contributed by atoms with E-state index in [9.17, 15) is 0 Å². The minimum absolute atomic E-state index is 0. The molecule has 0 rings (SSSR count). The molecule has 0 aromatic heterocycles. The van der Waals surface area contributed by atoms with Gasteiger partial charge >= 0.3 is 85.0 Å². The zero-order valence-electron chi connectivity index (χ0n) is 4.73. The predicted molar refractivity (Wildman–Crippen MR) is 4.12 cm³/mol. The Morgan fingerprint density at radius 2 is 0.636 bits per heavy atom. The molecular weight excluding hydrogens is 438 g/mol. The standard InChI is InChI=1S/Hg.2Mn.8O/q+2;;;;;;;;;2*-1. The van der Waals surface area contributed by atoms with Gasteiger partial charge in [0.15, 0.2) is 0 Å². The summed E-state index contributed by atoms with van der Waals surface area (Å²) in [4.78, 5) is 0. The van der Waals surface area contributed by atoms with Crippen LogP contribution in [0.3, 0.4) is 0 Å². The molecule has 0 atom stereocenters. The maximum atomic E-state index is 8.58. The summed E-state index contributed by atoms with van der Waals surface area (Å²) in [6.45, 7) is 0. The number of hydrogen-bond donors (Lipinski definition) is 0. The topological polar surface area (TPSA) is 149 Å². The average molecular weight is 438 g/mol. The Balaban J connectivity index is -0.000000107. The van der Waals surface area contributed by atoms with Crippen LogP contribution in [0, 0.1) is 0 Å². The average Bonchev–Trinajstić information content (AvgIpc) is 1.12. The van der Waals surface area contributed by atoms with E-state index in [1.807, 2.05) is 0 Å². The van der Waals surface area contributed by atoms with Crippen molar-refractivity contribution in [1.82, 2.24) is 0 Å². The van der Waals surface area contributed by atoms with Crippen molar-refractivity contribution in [3.8, 4) is 0 Å². The van der Waals surface area contributed by atoms with Gasteiger partial charge in [-0.3, -0.25) is 0 Å². The van der Waals surface area contributed by atoms with E-state index < -0.39 is 25.9 Å². The van der Waals surface area contributed by atoms with Crippen LogP contribution in [0.25, 0.3) is 0 Å². The Labute approximate surface area is 84.4 Å². The molecule has 0 saturated carbocycles. The molecule has 0 unspecified atom stereocenters. The molecule has 0 amide bonds. The van der Waals surface area contributed by atoms with Crippen molar-refractivity contribution in [3.63, 3.8) is 0 Å². The molecule has 0 aromatic carbocycles. The zero-order valence-corrected chi connectivity index (χ0v) is 12.6. The summed E-state index contributed by atoms with van der Waals surface area (Å²) in [5.41, 5.74) is 0. The van der Waals surface area contributed by atoms with Crippen LogP contribution in [0.1, 0.15) is 0 Å². The third kappa shape index (κ3) is 1680. The minimum atomic E-state index is -5.62. The van der Waals surface area contributed by atoms with Crippen LogP contribution in [-0.2, 0) is 76.6 Å². The van der Waals surface area contributed by atoms with E-state index in [0.717, 1.165) is 0 Å². The summed E-state index contributed by atoms with van der Waals surface area (Å²) in [5.74, 6) is 0. The first-order chi connectivity index (χ1) is 4.00. The molecule has 0 heterocycles. The van der Waals surface area contributed by atoms with Gasteiger partial charge in [0.1, 0.15) is 0 Å². The van der Waals surface area contributed by atoms with Crippen molar-refractivity contribution in [2.75, 3.05) is 0 Å². The summed E-state index contributed by atoms with van der Waals surface area (Å²) in [7, 11) is 0. The third-order valence-electron chi connectivity index (χ3n) is 0. The quantitative estimate of drug-likeness (QED) is 0.361. The molecule has 0 aliphatic carbocycles. The summed E-state index contributed by atoms with van der Waals surface area (Å²) in [5, 5.41) is 0. The second kappa shape index (κ2) is 6.24. The molecule has 0 aliphatic heterocycles. The van der Waals surface area contributed by atoms with Crippen molar-refractivity contribution >= 4 is 0 Å². The van der Waals surface area contributed by atoms with Gasteiger partial charge in [-0.25, -0.2) is 0 Å². The van der Waals surface area contributed by atoms with Gasteiger partial charge in [0.05, 0.1) is 0 Å². The molecular formula is HgMn2O8. The first-order valence-electron chi connectivity index (χ1n) is 1.23. The van der Waals surface area contributed by atoms with E-state index >= 15 is 0 Å². The fourth-order valence-corrected chi connectivity index (χ4v) is 0. The summed E-state index contributed by atoms with van der Waals surface area (Å²) >= 11 is -11.2. The van der Waals surface area contributed by atoms with Crippen LogP contribution in [0.5, 0.6) is 0 Å². The van der Waals surface area contributed by atoms with Crippen molar-refractivity contribution in [1.29, 1.82) is 0 Å². The van der Waals surface area contributed by atoms with Gasteiger partial charge in [-0.2, -0.15) is 0 Å². The van der Waals surface area contributed by atoms with Crippen molar-refractivity contribution in [2.45, 2.75) is 0 Å². The second-order valence-corrected chi connectivity index (χ2v) is 3.12. The predicted octanol–water partition coefficient (Wildman–Crippen LogP) is -3.10. The number of hydrogen-bond acceptors (Lipinski definition) is 8. The molecule has 11 heavy (non-hydrogen) atoms. The maximum absolute atomic E-state index is 8.58. The van der Waals surface area contributed by atoms with Gasteiger partial charge in [-0.15, -0.1) is 0 Å². The van der Waals surface area contributed by atoms with Gasteiger partial charge in [0.25, 0.3) is 0 Å². The van der Waals surface area contributed by atoms with Crippen LogP contribution in [0.4, 0.5) is 0 Å². The van der Waals surface area contributed by atoms with E-state index in [-0.39, 0.29) is 27.7 Å². The molecule has 0 bridgehead atoms. The molecule has 0 spiro atoms.